The summed E-state index contributed by atoms with van der Waals surface area (Å²) in [5.41, 5.74) is 5.29. The van der Waals surface area contributed by atoms with Crippen molar-refractivity contribution in [3.8, 4) is 0 Å². The highest BCUT2D eigenvalue weighted by Crippen LogP contribution is 2.54. The predicted molar refractivity (Wildman–Crippen MR) is 42.7 cm³/mol. The fraction of sp³-hybridized carbons (Fsp3) is 1.00. The zero-order chi connectivity index (χ0) is 8.58. The van der Waals surface area contributed by atoms with E-state index in [4.69, 9.17) is 15.5 Å². The van der Waals surface area contributed by atoms with E-state index < -0.39 is 11.8 Å². The second-order valence-electron chi connectivity index (χ2n) is 2.43. The molecule has 0 aromatic carbocycles. The van der Waals surface area contributed by atoms with Crippen molar-refractivity contribution in [2.45, 2.75) is 18.0 Å². The van der Waals surface area contributed by atoms with Crippen molar-refractivity contribution in [3.63, 3.8) is 0 Å². The number of nitrogens with two attached hydrogens (primary N) is 1. The van der Waals surface area contributed by atoms with E-state index in [1.54, 1.807) is 13.8 Å². The van der Waals surface area contributed by atoms with Gasteiger partial charge >= 0.3 is 7.60 Å². The van der Waals surface area contributed by atoms with Crippen molar-refractivity contribution in [1.29, 1.82) is 0 Å². The first-order valence-electron chi connectivity index (χ1n) is 2.73. The lowest BCUT2D eigenvalue weighted by Gasteiger charge is -2.27. The molecule has 4 N–H and O–H groups in total. The smallest absolute Gasteiger partial charge is 0.323 e. The Balaban J connectivity index is 4.58. The molecule has 0 fully saturated rings. The van der Waals surface area contributed by atoms with Crippen LogP contribution in [0.2, 0.25) is 0 Å². The Bertz CT molecular complexity index is 164. The van der Waals surface area contributed by atoms with Crippen LogP contribution in [0.25, 0.3) is 0 Å². The maximum atomic E-state index is 10.6. The summed E-state index contributed by atoms with van der Waals surface area (Å²) in [5.74, 6) is -0.312. The largest absolute Gasteiger partial charge is 0.356 e. The van der Waals surface area contributed by atoms with E-state index in [0.717, 1.165) is 0 Å². The van der Waals surface area contributed by atoms with Crippen LogP contribution in [-0.4, -0.2) is 14.0 Å². The first kappa shape index (κ1) is 10.6. The molecule has 6 heteroatoms. The van der Waals surface area contributed by atoms with E-state index >= 15 is 0 Å². The van der Waals surface area contributed by atoms with Crippen molar-refractivity contribution in [1.82, 2.24) is 0 Å². The molecule has 1 unspecified atom stereocenters. The van der Waals surface area contributed by atoms with Gasteiger partial charge in [-0.2, -0.15) is 0 Å². The molecule has 0 bridgehead atoms. The molecule has 0 aliphatic heterocycles. The standard InChI is InChI=1S/C4H11BrNO3P/c1-3(2)4(5,6)10(7,8)9/h3H,6H2,1-2H3,(H2,7,8,9). The lowest BCUT2D eigenvalue weighted by molar-refractivity contribution is 0.335. The molecule has 0 rings (SSSR count). The van der Waals surface area contributed by atoms with Crippen molar-refractivity contribution in [3.05, 3.63) is 0 Å². The highest BCUT2D eigenvalue weighted by Gasteiger charge is 2.43. The highest BCUT2D eigenvalue weighted by atomic mass is 79.9. The molecular formula is C4H11BrNO3P. The minimum Gasteiger partial charge on any atom is -0.323 e. The molecule has 0 aromatic rings. The topological polar surface area (TPSA) is 83.6 Å². The third-order valence-electron chi connectivity index (χ3n) is 1.26. The Morgan fingerprint density at radius 3 is 1.90 bits per heavy atom. The number of halogens is 1. The first-order chi connectivity index (χ1) is 4.19. The van der Waals surface area contributed by atoms with Gasteiger partial charge in [0.15, 0.2) is 4.19 Å². The highest BCUT2D eigenvalue weighted by molar-refractivity contribution is 9.11. The molecule has 1 atom stereocenters. The molecule has 4 nitrogen and oxygen atoms in total. The van der Waals surface area contributed by atoms with E-state index in [1.807, 2.05) is 0 Å². The quantitative estimate of drug-likeness (QED) is 0.374. The molecule has 0 saturated carbocycles. The van der Waals surface area contributed by atoms with E-state index in [9.17, 15) is 4.57 Å². The monoisotopic (exact) mass is 231 g/mol. The molecule has 0 saturated heterocycles. The van der Waals surface area contributed by atoms with Crippen LogP contribution in [0.3, 0.4) is 0 Å². The van der Waals surface area contributed by atoms with Crippen LogP contribution in [0.1, 0.15) is 13.8 Å². The van der Waals surface area contributed by atoms with Crippen LogP contribution < -0.4 is 5.73 Å². The molecule has 10 heavy (non-hydrogen) atoms. The molecule has 0 radical (unpaired) electrons. The lowest BCUT2D eigenvalue weighted by Crippen LogP contribution is -2.37. The predicted octanol–water partition coefficient (Wildman–Crippen LogP) is 0.827. The molecule has 62 valence electrons. The van der Waals surface area contributed by atoms with Crippen molar-refractivity contribution < 1.29 is 14.4 Å². The van der Waals surface area contributed by atoms with Crippen LogP contribution in [-0.2, 0) is 4.57 Å². The fourth-order valence-electron chi connectivity index (χ4n) is 0.336. The Morgan fingerprint density at radius 1 is 1.60 bits per heavy atom. The average molecular weight is 232 g/mol. The summed E-state index contributed by atoms with van der Waals surface area (Å²) in [4.78, 5) is 17.3. The summed E-state index contributed by atoms with van der Waals surface area (Å²) in [6.07, 6.45) is 0. The number of rotatable bonds is 2. The zero-order valence-corrected chi connectivity index (χ0v) is 8.26. The number of hydrogen-bond donors (Lipinski definition) is 3. The Labute approximate surface area is 68.1 Å². The van der Waals surface area contributed by atoms with E-state index in [1.165, 1.54) is 0 Å². The average Bonchev–Trinajstić information content (AvgIpc) is 1.62. The van der Waals surface area contributed by atoms with E-state index in [0.29, 0.717) is 0 Å². The van der Waals surface area contributed by atoms with Gasteiger partial charge in [0.2, 0.25) is 0 Å². The van der Waals surface area contributed by atoms with Gasteiger partial charge in [0.1, 0.15) is 0 Å². The summed E-state index contributed by atoms with van der Waals surface area (Å²) in [6.45, 7) is 3.27. The van der Waals surface area contributed by atoms with Gasteiger partial charge in [-0.1, -0.05) is 29.8 Å². The minimum absolute atomic E-state index is 0.312. The number of hydrogen-bond acceptors (Lipinski definition) is 2. The minimum atomic E-state index is -4.23. The molecule has 0 aliphatic carbocycles. The van der Waals surface area contributed by atoms with Crippen LogP contribution >= 0.6 is 23.5 Å². The second kappa shape index (κ2) is 2.91. The van der Waals surface area contributed by atoms with E-state index in [-0.39, 0.29) is 5.92 Å². The summed E-state index contributed by atoms with van der Waals surface area (Å²) < 4.78 is 9.03. The van der Waals surface area contributed by atoms with E-state index in [2.05, 4.69) is 15.9 Å². The van der Waals surface area contributed by atoms with Gasteiger partial charge in [0.25, 0.3) is 0 Å². The summed E-state index contributed by atoms with van der Waals surface area (Å²) in [5, 5.41) is 0. The lowest BCUT2D eigenvalue weighted by atomic mass is 10.2. The normalized spacial score (nSPS) is 19.1. The van der Waals surface area contributed by atoms with Crippen LogP contribution in [0.15, 0.2) is 0 Å². The Kier molecular flexibility index (Phi) is 3.08. The summed E-state index contributed by atoms with van der Waals surface area (Å²) in [6, 6.07) is 0. The van der Waals surface area contributed by atoms with Gasteiger partial charge in [-0.05, 0) is 5.92 Å². The van der Waals surface area contributed by atoms with Crippen molar-refractivity contribution in [2.24, 2.45) is 11.7 Å². The Morgan fingerprint density at radius 2 is 1.90 bits per heavy atom. The number of alkyl halides is 1. The first-order valence-corrected chi connectivity index (χ1v) is 5.13. The second-order valence-corrected chi connectivity index (χ2v) is 6.18. The summed E-state index contributed by atoms with van der Waals surface area (Å²) >= 11 is 2.78. The third-order valence-corrected chi connectivity index (χ3v) is 4.97. The SMILES string of the molecule is CC(C)C(N)(Br)P(=O)(O)O. The van der Waals surface area contributed by atoms with Gasteiger partial charge in [0, 0.05) is 0 Å². The molecule has 0 aliphatic rings. The van der Waals surface area contributed by atoms with Crippen molar-refractivity contribution in [2.75, 3.05) is 0 Å². The molecule has 0 aromatic heterocycles. The van der Waals surface area contributed by atoms with Gasteiger partial charge in [-0.3, -0.25) is 4.57 Å². The maximum absolute atomic E-state index is 10.6. The zero-order valence-electron chi connectivity index (χ0n) is 5.78. The van der Waals surface area contributed by atoms with Crippen LogP contribution in [0.4, 0.5) is 0 Å². The maximum Gasteiger partial charge on any atom is 0.356 e. The van der Waals surface area contributed by atoms with Gasteiger partial charge in [-0.15, -0.1) is 0 Å². The molecular weight excluding hydrogens is 221 g/mol. The fourth-order valence-corrected chi connectivity index (χ4v) is 1.01. The summed E-state index contributed by atoms with van der Waals surface area (Å²) in [7, 11) is -4.23. The van der Waals surface area contributed by atoms with Gasteiger partial charge in [-0.25, -0.2) is 0 Å². The molecule has 0 amide bonds. The van der Waals surface area contributed by atoms with Gasteiger partial charge < -0.3 is 15.5 Å². The molecule has 0 spiro atoms. The van der Waals surface area contributed by atoms with Crippen LogP contribution in [0, 0.1) is 5.92 Å². The Hall–Kier alpha value is 0.590. The third kappa shape index (κ3) is 2.04. The van der Waals surface area contributed by atoms with Crippen molar-refractivity contribution >= 4 is 23.5 Å². The van der Waals surface area contributed by atoms with Gasteiger partial charge in [0.05, 0.1) is 0 Å². The van der Waals surface area contributed by atoms with Crippen LogP contribution in [0.5, 0.6) is 0 Å². The molecule has 0 heterocycles.